The van der Waals surface area contributed by atoms with E-state index in [4.69, 9.17) is 16.3 Å². The van der Waals surface area contributed by atoms with Crippen molar-refractivity contribution in [1.29, 1.82) is 0 Å². The second-order valence-electron chi connectivity index (χ2n) is 6.44. The van der Waals surface area contributed by atoms with Crippen LogP contribution in [0.15, 0.2) is 41.3 Å². The maximum Gasteiger partial charge on any atom is 0.417 e. The van der Waals surface area contributed by atoms with Gasteiger partial charge in [-0.05, 0) is 44.2 Å². The first kappa shape index (κ1) is 22.8. The van der Waals surface area contributed by atoms with E-state index in [0.29, 0.717) is 29.1 Å². The lowest BCUT2D eigenvalue weighted by Crippen LogP contribution is -2.29. The van der Waals surface area contributed by atoms with Gasteiger partial charge in [0.1, 0.15) is 17.3 Å². The highest BCUT2D eigenvalue weighted by atomic mass is 35.5. The van der Waals surface area contributed by atoms with Crippen molar-refractivity contribution in [3.63, 3.8) is 0 Å². The third kappa shape index (κ3) is 5.45. The fourth-order valence-electron chi connectivity index (χ4n) is 2.78. The zero-order chi connectivity index (χ0) is 22.8. The van der Waals surface area contributed by atoms with Crippen LogP contribution in [0.4, 0.5) is 18.3 Å². The highest BCUT2D eigenvalue weighted by Gasteiger charge is 2.32. The van der Waals surface area contributed by atoms with Gasteiger partial charge in [0.25, 0.3) is 5.56 Å². The molecule has 0 bridgehead atoms. The number of aryl methyl sites for hydroxylation is 1. The Labute approximate surface area is 184 Å². The third-order valence-corrected chi connectivity index (χ3v) is 5.32. The predicted molar refractivity (Wildman–Crippen MR) is 113 cm³/mol. The van der Waals surface area contributed by atoms with Crippen molar-refractivity contribution in [1.82, 2.24) is 9.55 Å². The number of hydrogen-bond acceptors (Lipinski definition) is 5. The summed E-state index contributed by atoms with van der Waals surface area (Å²) in [4.78, 5) is 29.6. The number of nitrogens with zero attached hydrogens (tertiary/aromatic N) is 2. The Morgan fingerprint density at radius 1 is 1.29 bits per heavy atom. The first-order valence-corrected chi connectivity index (χ1v) is 10.3. The third-order valence-electron chi connectivity index (χ3n) is 4.17. The topological polar surface area (TPSA) is 73.2 Å². The van der Waals surface area contributed by atoms with E-state index in [0.717, 1.165) is 16.2 Å². The summed E-state index contributed by atoms with van der Waals surface area (Å²) >= 11 is 6.82. The number of carbonyl (C=O) groups is 1. The molecule has 0 aliphatic heterocycles. The highest BCUT2D eigenvalue weighted by molar-refractivity contribution is 7.16. The van der Waals surface area contributed by atoms with Crippen LogP contribution in [0.3, 0.4) is 0 Å². The molecule has 0 radical (unpaired) electrons. The summed E-state index contributed by atoms with van der Waals surface area (Å²) in [6.07, 6.45) is -4.14. The van der Waals surface area contributed by atoms with Crippen molar-refractivity contribution in [3.8, 4) is 17.0 Å². The van der Waals surface area contributed by atoms with Crippen molar-refractivity contribution in [2.75, 3.05) is 11.9 Å². The van der Waals surface area contributed by atoms with E-state index >= 15 is 0 Å². The number of nitrogens with one attached hydrogen (secondary N) is 1. The number of carbonyl (C=O) groups excluding carboxylic acids is 1. The number of hydrogen-bond donors (Lipinski definition) is 1. The summed E-state index contributed by atoms with van der Waals surface area (Å²) in [5, 5.41) is 2.16. The molecule has 0 spiro atoms. The van der Waals surface area contributed by atoms with Crippen LogP contribution in [0.5, 0.6) is 5.75 Å². The Morgan fingerprint density at radius 2 is 1.97 bits per heavy atom. The molecule has 0 unspecified atom stereocenters. The van der Waals surface area contributed by atoms with Gasteiger partial charge in [0.15, 0.2) is 5.13 Å². The Kier molecular flexibility index (Phi) is 6.71. The molecule has 31 heavy (non-hydrogen) atoms. The molecular formula is C20H17ClF3N3O3S. The minimum atomic E-state index is -4.70. The lowest BCUT2D eigenvalue weighted by molar-refractivity contribution is -0.138. The molecule has 3 aromatic rings. The largest absolute Gasteiger partial charge is 0.494 e. The van der Waals surface area contributed by atoms with Crippen LogP contribution in [-0.4, -0.2) is 22.1 Å². The average molecular weight is 472 g/mol. The van der Waals surface area contributed by atoms with E-state index in [1.54, 1.807) is 12.1 Å². The molecule has 2 aromatic heterocycles. The normalized spacial score (nSPS) is 11.4. The zero-order valence-electron chi connectivity index (χ0n) is 16.4. The van der Waals surface area contributed by atoms with Gasteiger partial charge in [-0.25, -0.2) is 4.98 Å². The van der Waals surface area contributed by atoms with Crippen molar-refractivity contribution in [2.45, 2.75) is 26.6 Å². The number of pyridine rings is 1. The van der Waals surface area contributed by atoms with Crippen LogP contribution in [-0.2, 0) is 17.5 Å². The van der Waals surface area contributed by atoms with Crippen molar-refractivity contribution in [3.05, 3.63) is 62.3 Å². The minimum Gasteiger partial charge on any atom is -0.494 e. The van der Waals surface area contributed by atoms with Gasteiger partial charge in [0.2, 0.25) is 5.91 Å². The van der Waals surface area contributed by atoms with Gasteiger partial charge in [-0.15, -0.1) is 11.3 Å². The van der Waals surface area contributed by atoms with Gasteiger partial charge in [-0.2, -0.15) is 13.2 Å². The molecule has 0 atom stereocenters. The second-order valence-corrected chi connectivity index (χ2v) is 8.05. The first-order chi connectivity index (χ1) is 14.6. The van der Waals surface area contributed by atoms with Crippen LogP contribution >= 0.6 is 22.9 Å². The number of halogens is 4. The van der Waals surface area contributed by atoms with Crippen molar-refractivity contribution < 1.29 is 22.7 Å². The Morgan fingerprint density at radius 3 is 2.58 bits per heavy atom. The van der Waals surface area contributed by atoms with E-state index in [9.17, 15) is 22.8 Å². The highest BCUT2D eigenvalue weighted by Crippen LogP contribution is 2.32. The molecule has 1 amide bonds. The summed E-state index contributed by atoms with van der Waals surface area (Å²) in [6, 6.07) is 7.82. The summed E-state index contributed by atoms with van der Waals surface area (Å²) in [5.74, 6) is 0.0160. The number of amides is 1. The lowest BCUT2D eigenvalue weighted by atomic mass is 10.1. The number of alkyl halides is 3. The predicted octanol–water partition coefficient (Wildman–Crippen LogP) is 4.99. The smallest absolute Gasteiger partial charge is 0.417 e. The molecule has 164 valence electrons. The molecule has 2 heterocycles. The maximum atomic E-state index is 12.9. The average Bonchev–Trinajstić information content (AvgIpc) is 3.05. The standard InChI is InChI=1S/C20H17ClF3N3O3S/c1-3-30-14-6-4-12(5-7-14)17-11(2)31-19(26-17)25-16(28)10-27-9-13(20(22,23)24)8-15(21)18(27)29/h4-9H,3,10H2,1-2H3,(H,25,26,28). The fraction of sp³-hybridized carbons (Fsp3) is 0.250. The molecule has 0 saturated heterocycles. The fourth-order valence-corrected chi connectivity index (χ4v) is 3.86. The number of anilines is 1. The molecule has 0 aliphatic rings. The van der Waals surface area contributed by atoms with Gasteiger partial charge in [0.05, 0.1) is 17.9 Å². The van der Waals surface area contributed by atoms with E-state index in [-0.39, 0.29) is 5.13 Å². The molecule has 3 rings (SSSR count). The van der Waals surface area contributed by atoms with Crippen molar-refractivity contribution >= 4 is 34.0 Å². The van der Waals surface area contributed by atoms with Gasteiger partial charge < -0.3 is 14.6 Å². The maximum absolute atomic E-state index is 12.9. The number of benzene rings is 1. The first-order valence-electron chi connectivity index (χ1n) is 9.06. The molecule has 6 nitrogen and oxygen atoms in total. The molecular weight excluding hydrogens is 455 g/mol. The summed E-state index contributed by atoms with van der Waals surface area (Å²) in [6.45, 7) is 3.62. The monoisotopic (exact) mass is 471 g/mol. The molecule has 11 heteroatoms. The SMILES string of the molecule is CCOc1ccc(-c2nc(NC(=O)Cn3cc(C(F)(F)F)cc(Cl)c3=O)sc2C)cc1. The van der Waals surface area contributed by atoms with Crippen LogP contribution in [0, 0.1) is 6.92 Å². The molecule has 0 saturated carbocycles. The second kappa shape index (κ2) is 9.11. The Hall–Kier alpha value is -2.85. The molecule has 0 fully saturated rings. The van der Waals surface area contributed by atoms with Crippen LogP contribution < -0.4 is 15.6 Å². The van der Waals surface area contributed by atoms with Gasteiger partial charge in [-0.3, -0.25) is 9.59 Å². The summed E-state index contributed by atoms with van der Waals surface area (Å²) in [5.41, 5.74) is -0.538. The molecule has 1 aromatic carbocycles. The van der Waals surface area contributed by atoms with E-state index in [2.05, 4.69) is 10.3 Å². The van der Waals surface area contributed by atoms with Crippen molar-refractivity contribution in [2.24, 2.45) is 0 Å². The number of ether oxygens (including phenoxy) is 1. The summed E-state index contributed by atoms with van der Waals surface area (Å²) < 4.78 is 44.9. The van der Waals surface area contributed by atoms with Gasteiger partial charge >= 0.3 is 6.18 Å². The Bertz CT molecular complexity index is 1160. The lowest BCUT2D eigenvalue weighted by Gasteiger charge is -2.11. The zero-order valence-corrected chi connectivity index (χ0v) is 18.0. The Balaban J connectivity index is 1.77. The van der Waals surface area contributed by atoms with Crippen LogP contribution in [0.1, 0.15) is 17.4 Å². The van der Waals surface area contributed by atoms with E-state index in [1.807, 2.05) is 26.0 Å². The van der Waals surface area contributed by atoms with Crippen LogP contribution in [0.25, 0.3) is 11.3 Å². The quantitative estimate of drug-likeness (QED) is 0.549. The summed E-state index contributed by atoms with van der Waals surface area (Å²) in [7, 11) is 0. The van der Waals surface area contributed by atoms with Gasteiger partial charge in [0, 0.05) is 16.6 Å². The van der Waals surface area contributed by atoms with Gasteiger partial charge in [-0.1, -0.05) is 11.6 Å². The van der Waals surface area contributed by atoms with E-state index in [1.165, 1.54) is 11.3 Å². The number of thiazole rings is 1. The van der Waals surface area contributed by atoms with Crippen LogP contribution in [0.2, 0.25) is 5.02 Å². The molecule has 1 N–H and O–H groups in total. The number of rotatable bonds is 6. The van der Waals surface area contributed by atoms with E-state index < -0.39 is 34.8 Å². The number of aromatic nitrogens is 2. The molecule has 0 aliphatic carbocycles. The minimum absolute atomic E-state index is 0.262.